The molecule has 2 rings (SSSR count). The van der Waals surface area contributed by atoms with Gasteiger partial charge in [0.05, 0.1) is 5.69 Å². The highest BCUT2D eigenvalue weighted by molar-refractivity contribution is 5.61. The number of imidazole rings is 1. The molecule has 0 amide bonds. The van der Waals surface area contributed by atoms with Gasteiger partial charge in [0.1, 0.15) is 5.82 Å². The number of benzene rings is 1. The van der Waals surface area contributed by atoms with Gasteiger partial charge in [0.2, 0.25) is 0 Å². The standard InChI is InChI=1S/C14H19N3/c1-9-5-6-10(2)12(7-9)14-16-11(3)13(17-14)8-15-4/h5-7,15H,8H2,1-4H3,(H,16,17). The summed E-state index contributed by atoms with van der Waals surface area (Å²) >= 11 is 0. The molecule has 0 radical (unpaired) electrons. The summed E-state index contributed by atoms with van der Waals surface area (Å²) in [4.78, 5) is 8.02. The maximum atomic E-state index is 4.65. The number of hydrogen-bond acceptors (Lipinski definition) is 2. The van der Waals surface area contributed by atoms with E-state index in [4.69, 9.17) is 0 Å². The number of hydrogen-bond donors (Lipinski definition) is 2. The van der Waals surface area contributed by atoms with E-state index >= 15 is 0 Å². The highest BCUT2D eigenvalue weighted by atomic mass is 15.0. The lowest BCUT2D eigenvalue weighted by Gasteiger charge is -2.03. The van der Waals surface area contributed by atoms with Gasteiger partial charge in [-0.25, -0.2) is 4.98 Å². The first-order chi connectivity index (χ1) is 8.11. The lowest BCUT2D eigenvalue weighted by Crippen LogP contribution is -2.06. The van der Waals surface area contributed by atoms with Gasteiger partial charge in [-0.3, -0.25) is 0 Å². The Hall–Kier alpha value is -1.61. The van der Waals surface area contributed by atoms with Crippen LogP contribution in [0.25, 0.3) is 11.4 Å². The Balaban J connectivity index is 2.45. The molecule has 3 heteroatoms. The van der Waals surface area contributed by atoms with Crippen LogP contribution in [-0.2, 0) is 6.54 Å². The number of aromatic nitrogens is 2. The first kappa shape index (κ1) is 11.9. The van der Waals surface area contributed by atoms with Crippen molar-refractivity contribution < 1.29 is 0 Å². The third-order valence-corrected chi connectivity index (χ3v) is 2.98. The lowest BCUT2D eigenvalue weighted by molar-refractivity contribution is 0.791. The van der Waals surface area contributed by atoms with Crippen molar-refractivity contribution in [1.82, 2.24) is 15.3 Å². The van der Waals surface area contributed by atoms with Crippen LogP contribution in [-0.4, -0.2) is 17.0 Å². The lowest BCUT2D eigenvalue weighted by atomic mass is 10.1. The molecule has 0 saturated heterocycles. The van der Waals surface area contributed by atoms with E-state index in [2.05, 4.69) is 54.3 Å². The molecule has 0 spiro atoms. The molecule has 0 aliphatic rings. The minimum Gasteiger partial charge on any atom is -0.342 e. The van der Waals surface area contributed by atoms with Crippen molar-refractivity contribution in [1.29, 1.82) is 0 Å². The second kappa shape index (κ2) is 4.72. The van der Waals surface area contributed by atoms with Crippen molar-refractivity contribution in [2.75, 3.05) is 7.05 Å². The van der Waals surface area contributed by atoms with Gasteiger partial charge in [-0.2, -0.15) is 0 Å². The Morgan fingerprint density at radius 1 is 1.24 bits per heavy atom. The van der Waals surface area contributed by atoms with Gasteiger partial charge in [0, 0.05) is 17.8 Å². The molecular weight excluding hydrogens is 210 g/mol. The van der Waals surface area contributed by atoms with Gasteiger partial charge < -0.3 is 10.3 Å². The molecule has 1 aromatic heterocycles. The molecule has 90 valence electrons. The van der Waals surface area contributed by atoms with Gasteiger partial charge in [0.25, 0.3) is 0 Å². The SMILES string of the molecule is CNCc1nc(-c2cc(C)ccc2C)[nH]c1C. The van der Waals surface area contributed by atoms with Gasteiger partial charge >= 0.3 is 0 Å². The summed E-state index contributed by atoms with van der Waals surface area (Å²) in [6, 6.07) is 6.44. The Labute approximate surface area is 102 Å². The zero-order valence-electron chi connectivity index (χ0n) is 10.9. The van der Waals surface area contributed by atoms with Crippen LogP contribution in [0.1, 0.15) is 22.5 Å². The second-order valence-electron chi connectivity index (χ2n) is 4.51. The third-order valence-electron chi connectivity index (χ3n) is 2.98. The van der Waals surface area contributed by atoms with E-state index < -0.39 is 0 Å². The molecule has 0 unspecified atom stereocenters. The summed E-state index contributed by atoms with van der Waals surface area (Å²) in [6.07, 6.45) is 0. The van der Waals surface area contributed by atoms with Crippen LogP contribution in [0.5, 0.6) is 0 Å². The third kappa shape index (κ3) is 2.39. The van der Waals surface area contributed by atoms with Crippen LogP contribution in [0.4, 0.5) is 0 Å². The molecule has 0 bridgehead atoms. The predicted molar refractivity (Wildman–Crippen MR) is 71.0 cm³/mol. The number of nitrogens with zero attached hydrogens (tertiary/aromatic N) is 1. The molecule has 17 heavy (non-hydrogen) atoms. The largest absolute Gasteiger partial charge is 0.342 e. The molecule has 1 aromatic carbocycles. The minimum absolute atomic E-state index is 0.799. The second-order valence-corrected chi connectivity index (χ2v) is 4.51. The zero-order valence-corrected chi connectivity index (χ0v) is 10.9. The van der Waals surface area contributed by atoms with Gasteiger partial charge in [-0.1, -0.05) is 17.7 Å². The summed E-state index contributed by atoms with van der Waals surface area (Å²) in [6.45, 7) is 7.08. The Morgan fingerprint density at radius 3 is 2.71 bits per heavy atom. The average molecular weight is 229 g/mol. The Bertz CT molecular complexity index is 526. The Morgan fingerprint density at radius 2 is 2.00 bits per heavy atom. The topological polar surface area (TPSA) is 40.7 Å². The molecule has 3 nitrogen and oxygen atoms in total. The normalized spacial score (nSPS) is 10.8. The van der Waals surface area contributed by atoms with E-state index in [-0.39, 0.29) is 0 Å². The fraction of sp³-hybridized carbons (Fsp3) is 0.357. The number of nitrogens with one attached hydrogen (secondary N) is 2. The van der Waals surface area contributed by atoms with E-state index in [9.17, 15) is 0 Å². The molecule has 2 N–H and O–H groups in total. The molecule has 0 aliphatic heterocycles. The predicted octanol–water partition coefficient (Wildman–Crippen LogP) is 2.72. The maximum absolute atomic E-state index is 4.65. The molecule has 0 saturated carbocycles. The summed E-state index contributed by atoms with van der Waals surface area (Å²) in [5, 5.41) is 3.13. The smallest absolute Gasteiger partial charge is 0.138 e. The monoisotopic (exact) mass is 229 g/mol. The molecule has 1 heterocycles. The highest BCUT2D eigenvalue weighted by Gasteiger charge is 2.09. The molecule has 0 atom stereocenters. The fourth-order valence-corrected chi connectivity index (χ4v) is 1.95. The zero-order chi connectivity index (χ0) is 12.4. The summed E-state index contributed by atoms with van der Waals surface area (Å²) < 4.78 is 0. The number of rotatable bonds is 3. The molecule has 0 aliphatic carbocycles. The van der Waals surface area contributed by atoms with Crippen molar-refractivity contribution in [3.63, 3.8) is 0 Å². The first-order valence-electron chi connectivity index (χ1n) is 5.89. The van der Waals surface area contributed by atoms with Crippen molar-refractivity contribution in [3.8, 4) is 11.4 Å². The van der Waals surface area contributed by atoms with Crippen LogP contribution in [0, 0.1) is 20.8 Å². The Kier molecular flexibility index (Phi) is 3.29. The van der Waals surface area contributed by atoms with E-state index in [1.165, 1.54) is 16.7 Å². The van der Waals surface area contributed by atoms with E-state index in [1.807, 2.05) is 7.05 Å². The minimum atomic E-state index is 0.799. The van der Waals surface area contributed by atoms with E-state index in [0.29, 0.717) is 0 Å². The summed E-state index contributed by atoms with van der Waals surface area (Å²) in [5.41, 5.74) is 5.92. The van der Waals surface area contributed by atoms with E-state index in [1.54, 1.807) is 0 Å². The quantitative estimate of drug-likeness (QED) is 0.849. The summed E-state index contributed by atoms with van der Waals surface area (Å²) in [5.74, 6) is 0.967. The number of aromatic amines is 1. The van der Waals surface area contributed by atoms with Crippen molar-refractivity contribution >= 4 is 0 Å². The number of H-pyrrole nitrogens is 1. The van der Waals surface area contributed by atoms with Crippen LogP contribution in [0.3, 0.4) is 0 Å². The highest BCUT2D eigenvalue weighted by Crippen LogP contribution is 2.23. The van der Waals surface area contributed by atoms with E-state index in [0.717, 1.165) is 23.8 Å². The van der Waals surface area contributed by atoms with Crippen molar-refractivity contribution in [2.45, 2.75) is 27.3 Å². The molecule has 0 fully saturated rings. The van der Waals surface area contributed by atoms with Crippen LogP contribution < -0.4 is 5.32 Å². The van der Waals surface area contributed by atoms with Gasteiger partial charge in [0.15, 0.2) is 0 Å². The molecule has 2 aromatic rings. The number of aryl methyl sites for hydroxylation is 3. The maximum Gasteiger partial charge on any atom is 0.138 e. The fourth-order valence-electron chi connectivity index (χ4n) is 1.95. The van der Waals surface area contributed by atoms with Gasteiger partial charge in [-0.15, -0.1) is 0 Å². The van der Waals surface area contributed by atoms with Crippen LogP contribution in [0.2, 0.25) is 0 Å². The van der Waals surface area contributed by atoms with Crippen LogP contribution in [0.15, 0.2) is 18.2 Å². The average Bonchev–Trinajstić information content (AvgIpc) is 2.64. The first-order valence-corrected chi connectivity index (χ1v) is 5.89. The molecular formula is C14H19N3. The van der Waals surface area contributed by atoms with Crippen molar-refractivity contribution in [3.05, 3.63) is 40.7 Å². The van der Waals surface area contributed by atoms with Gasteiger partial charge in [-0.05, 0) is 39.4 Å². The summed E-state index contributed by atoms with van der Waals surface area (Å²) in [7, 11) is 1.94. The van der Waals surface area contributed by atoms with Crippen LogP contribution >= 0.6 is 0 Å². The van der Waals surface area contributed by atoms with Crippen molar-refractivity contribution in [2.24, 2.45) is 0 Å².